The van der Waals surface area contributed by atoms with Crippen LogP contribution in [0.15, 0.2) is 55.5 Å². The van der Waals surface area contributed by atoms with Gasteiger partial charge in [0.05, 0.1) is 12.0 Å². The van der Waals surface area contributed by atoms with Gasteiger partial charge in [-0.15, -0.1) is 10.2 Å². The summed E-state index contributed by atoms with van der Waals surface area (Å²) in [5, 5.41) is 12.3. The second-order valence-electron chi connectivity index (χ2n) is 5.21. The number of hydrogen-bond acceptors (Lipinski definition) is 8. The number of anilines is 1. The number of ketones is 1. The van der Waals surface area contributed by atoms with Crippen LogP contribution < -0.4 is 11.3 Å². The largest absolute Gasteiger partial charge is 0.460 e. The van der Waals surface area contributed by atoms with Crippen LogP contribution >= 0.6 is 27.7 Å². The maximum atomic E-state index is 12.2. The number of Topliss-reactive ketones (excluding diaryl/α,β-unsaturated/α-hetero) is 1. The lowest BCUT2D eigenvalue weighted by molar-refractivity contribution is 0.102. The molecule has 3 N–H and O–H groups in total. The summed E-state index contributed by atoms with van der Waals surface area (Å²) in [5.41, 5.74) is 3.31. The van der Waals surface area contributed by atoms with Crippen LogP contribution in [-0.2, 0) is 0 Å². The zero-order chi connectivity index (χ0) is 18.5. The molecule has 8 nitrogen and oxygen atoms in total. The van der Waals surface area contributed by atoms with E-state index in [2.05, 4.69) is 36.7 Å². The number of nitrogens with zero attached hydrogens (tertiary/aromatic N) is 4. The first-order valence-electron chi connectivity index (χ1n) is 7.50. The minimum Gasteiger partial charge on any atom is -0.460 e. The predicted octanol–water partition coefficient (Wildman–Crippen LogP) is 3.08. The maximum absolute atomic E-state index is 12.2. The van der Waals surface area contributed by atoms with Gasteiger partial charge in [-0.05, 0) is 31.2 Å². The van der Waals surface area contributed by atoms with Crippen LogP contribution in [0.1, 0.15) is 21.9 Å². The zero-order valence-electron chi connectivity index (χ0n) is 13.7. The predicted molar refractivity (Wildman–Crippen MR) is 104 cm³/mol. The Bertz CT molecular complexity index is 935. The third-order valence-corrected chi connectivity index (χ3v) is 4.75. The van der Waals surface area contributed by atoms with Gasteiger partial charge in [-0.1, -0.05) is 39.8 Å². The van der Waals surface area contributed by atoms with Gasteiger partial charge in [0.2, 0.25) is 5.16 Å². The minimum atomic E-state index is -0.0220. The van der Waals surface area contributed by atoms with Crippen LogP contribution in [0.5, 0.6) is 0 Å². The third kappa shape index (κ3) is 4.52. The fourth-order valence-electron chi connectivity index (χ4n) is 1.98. The maximum Gasteiger partial charge on any atom is 0.264 e. The van der Waals surface area contributed by atoms with E-state index < -0.39 is 0 Å². The second-order valence-corrected chi connectivity index (χ2v) is 7.07. The number of carbonyl (C=O) groups excluding carboxylic acids is 1. The Balaban J connectivity index is 1.57. The fraction of sp³-hybridized carbons (Fsp3) is 0.125. The van der Waals surface area contributed by atoms with Crippen LogP contribution in [0, 0.1) is 6.92 Å². The smallest absolute Gasteiger partial charge is 0.264 e. The van der Waals surface area contributed by atoms with Crippen molar-refractivity contribution in [3.63, 3.8) is 0 Å². The molecule has 0 unspecified atom stereocenters. The summed E-state index contributed by atoms with van der Waals surface area (Å²) in [6.45, 7) is 1.85. The van der Waals surface area contributed by atoms with Gasteiger partial charge in [0.15, 0.2) is 5.78 Å². The van der Waals surface area contributed by atoms with Gasteiger partial charge in [0.1, 0.15) is 11.5 Å². The summed E-state index contributed by atoms with van der Waals surface area (Å²) in [6, 6.07) is 10.8. The highest BCUT2D eigenvalue weighted by atomic mass is 79.9. The number of halogens is 1. The number of hydrogen-bond donors (Lipinski definition) is 2. The molecule has 0 radical (unpaired) electrons. The number of furan rings is 1. The lowest BCUT2D eigenvalue weighted by atomic mass is 10.2. The lowest BCUT2D eigenvalue weighted by Crippen LogP contribution is -2.14. The summed E-state index contributed by atoms with van der Waals surface area (Å²) in [7, 11) is 0. The van der Waals surface area contributed by atoms with Gasteiger partial charge < -0.3 is 10.3 Å². The topological polar surface area (TPSA) is 111 Å². The molecule has 26 heavy (non-hydrogen) atoms. The van der Waals surface area contributed by atoms with E-state index in [4.69, 9.17) is 10.3 Å². The van der Waals surface area contributed by atoms with Crippen molar-refractivity contribution < 1.29 is 9.21 Å². The van der Waals surface area contributed by atoms with Crippen LogP contribution in [-0.4, -0.2) is 32.6 Å². The molecule has 0 saturated carbocycles. The number of carbonyl (C=O) groups is 1. The molecule has 0 aliphatic carbocycles. The molecule has 0 saturated heterocycles. The van der Waals surface area contributed by atoms with Gasteiger partial charge >= 0.3 is 0 Å². The molecule has 3 aromatic rings. The molecule has 0 fully saturated rings. The fourth-order valence-corrected chi connectivity index (χ4v) is 2.99. The van der Waals surface area contributed by atoms with E-state index in [-0.39, 0.29) is 17.5 Å². The number of hydrazone groups is 1. The first-order chi connectivity index (χ1) is 12.5. The van der Waals surface area contributed by atoms with Crippen LogP contribution in [0.2, 0.25) is 0 Å². The van der Waals surface area contributed by atoms with Crippen LogP contribution in [0.3, 0.4) is 0 Å². The molecule has 1 aromatic carbocycles. The summed E-state index contributed by atoms with van der Waals surface area (Å²) < 4.78 is 7.52. The summed E-state index contributed by atoms with van der Waals surface area (Å²) in [6.07, 6.45) is 1.51. The Kier molecular flexibility index (Phi) is 5.74. The monoisotopic (exact) mass is 434 g/mol. The van der Waals surface area contributed by atoms with Gasteiger partial charge in [-0.25, -0.2) is 10.1 Å². The number of benzene rings is 1. The molecule has 0 aliphatic heterocycles. The molecular formula is C16H15BrN6O2S. The molecule has 0 spiro atoms. The average Bonchev–Trinajstić information content (AvgIpc) is 3.20. The standard InChI is InChI=1S/C16H15BrN6O2S/c1-10-2-7-13(25-10)8-19-20-15-21-22-16(23(15)18)26-9-14(24)11-3-5-12(17)6-4-11/h2-8H,9,18H2,1H3,(H,20,21)/b19-8+. The summed E-state index contributed by atoms with van der Waals surface area (Å²) in [5.74, 6) is 7.75. The summed E-state index contributed by atoms with van der Waals surface area (Å²) in [4.78, 5) is 12.2. The highest BCUT2D eigenvalue weighted by Gasteiger charge is 2.13. The number of thioether (sulfide) groups is 1. The molecule has 0 aliphatic rings. The van der Waals surface area contributed by atoms with Crippen molar-refractivity contribution in [1.29, 1.82) is 0 Å². The van der Waals surface area contributed by atoms with E-state index in [0.29, 0.717) is 16.5 Å². The Labute approximate surface area is 162 Å². The molecule has 0 amide bonds. The molecule has 0 atom stereocenters. The van der Waals surface area contributed by atoms with Crippen molar-refractivity contribution in [3.05, 3.63) is 58.0 Å². The molecule has 2 heterocycles. The van der Waals surface area contributed by atoms with Crippen molar-refractivity contribution in [2.24, 2.45) is 5.10 Å². The van der Waals surface area contributed by atoms with E-state index in [1.165, 1.54) is 22.7 Å². The number of rotatable bonds is 7. The second kappa shape index (κ2) is 8.19. The number of nitrogen functional groups attached to an aromatic ring is 1. The Hall–Kier alpha value is -2.59. The van der Waals surface area contributed by atoms with Crippen molar-refractivity contribution in [2.45, 2.75) is 12.1 Å². The highest BCUT2D eigenvalue weighted by Crippen LogP contribution is 2.19. The Morgan fingerprint density at radius 3 is 2.81 bits per heavy atom. The van der Waals surface area contributed by atoms with E-state index in [9.17, 15) is 4.79 Å². The SMILES string of the molecule is Cc1ccc(/C=N/Nc2nnc(SCC(=O)c3ccc(Br)cc3)n2N)o1. The van der Waals surface area contributed by atoms with Crippen molar-refractivity contribution in [3.8, 4) is 0 Å². The lowest BCUT2D eigenvalue weighted by Gasteiger charge is -2.03. The van der Waals surface area contributed by atoms with E-state index >= 15 is 0 Å². The van der Waals surface area contributed by atoms with Crippen molar-refractivity contribution in [2.75, 3.05) is 17.0 Å². The van der Waals surface area contributed by atoms with E-state index in [0.717, 1.165) is 10.2 Å². The molecule has 134 valence electrons. The Morgan fingerprint density at radius 2 is 2.12 bits per heavy atom. The first kappa shape index (κ1) is 18.2. The number of nitrogens with two attached hydrogens (primary N) is 1. The van der Waals surface area contributed by atoms with Gasteiger partial charge in [-0.3, -0.25) is 4.79 Å². The number of nitrogens with one attached hydrogen (secondary N) is 1. The first-order valence-corrected chi connectivity index (χ1v) is 9.28. The third-order valence-electron chi connectivity index (χ3n) is 3.28. The van der Waals surface area contributed by atoms with Gasteiger partial charge in [0, 0.05) is 10.0 Å². The zero-order valence-corrected chi connectivity index (χ0v) is 16.1. The molecule has 3 rings (SSSR count). The van der Waals surface area contributed by atoms with E-state index in [1.54, 1.807) is 18.2 Å². The minimum absolute atomic E-state index is 0.0220. The number of aromatic nitrogens is 3. The van der Waals surface area contributed by atoms with Crippen molar-refractivity contribution >= 4 is 45.6 Å². The van der Waals surface area contributed by atoms with Crippen LogP contribution in [0.4, 0.5) is 5.95 Å². The van der Waals surface area contributed by atoms with Crippen molar-refractivity contribution in [1.82, 2.24) is 14.9 Å². The quantitative estimate of drug-likeness (QED) is 0.193. The molecule has 10 heteroatoms. The number of aryl methyl sites for hydroxylation is 1. The highest BCUT2D eigenvalue weighted by molar-refractivity contribution is 9.10. The van der Waals surface area contributed by atoms with E-state index in [1.807, 2.05) is 25.1 Å². The average molecular weight is 435 g/mol. The Morgan fingerprint density at radius 1 is 1.35 bits per heavy atom. The van der Waals surface area contributed by atoms with Crippen LogP contribution in [0.25, 0.3) is 0 Å². The van der Waals surface area contributed by atoms with Gasteiger partial charge in [0.25, 0.3) is 5.95 Å². The van der Waals surface area contributed by atoms with Gasteiger partial charge in [-0.2, -0.15) is 5.10 Å². The normalized spacial score (nSPS) is 11.2. The molecule has 0 bridgehead atoms. The molecule has 2 aromatic heterocycles. The summed E-state index contributed by atoms with van der Waals surface area (Å²) >= 11 is 4.54. The molecular weight excluding hydrogens is 420 g/mol.